The number of carboxylic acid groups (broad SMARTS) is 1. The van der Waals surface area contributed by atoms with Crippen LogP contribution in [0.15, 0.2) is 59.5 Å². The summed E-state index contributed by atoms with van der Waals surface area (Å²) in [6.07, 6.45) is -2.06. The lowest BCUT2D eigenvalue weighted by molar-refractivity contribution is -0.273. The molecule has 2 aromatic rings. The van der Waals surface area contributed by atoms with E-state index in [2.05, 4.69) is 6.07 Å². The SMILES string of the molecule is COc1ccc(S(=O)(=O)N(C[C@@H](O)[C@H](Cc2ccccc2)N(C(=O)[O-])[C@@H]2CO[C@@H]3OCC[C@@H]32)CC(C)(C)CCC#N)cc1. The number of methoxy groups -OCH3 is 1. The van der Waals surface area contributed by atoms with Crippen molar-refractivity contribution in [1.82, 2.24) is 9.21 Å². The summed E-state index contributed by atoms with van der Waals surface area (Å²) in [4.78, 5) is 13.9. The van der Waals surface area contributed by atoms with E-state index < -0.39 is 46.0 Å². The first-order chi connectivity index (χ1) is 20.5. The third kappa shape index (κ3) is 7.85. The van der Waals surface area contributed by atoms with E-state index in [-0.39, 0.29) is 43.4 Å². The number of carbonyl (C=O) groups excluding carboxylic acids is 1. The first-order valence-corrected chi connectivity index (χ1v) is 15.9. The van der Waals surface area contributed by atoms with E-state index in [4.69, 9.17) is 14.2 Å². The summed E-state index contributed by atoms with van der Waals surface area (Å²) in [7, 11) is -2.68. The number of ether oxygens (including phenoxy) is 3. The van der Waals surface area contributed by atoms with Crippen LogP contribution >= 0.6 is 0 Å². The van der Waals surface area contributed by atoms with E-state index in [1.807, 2.05) is 44.2 Å². The van der Waals surface area contributed by atoms with Crippen LogP contribution in [-0.2, 0) is 25.9 Å². The predicted molar refractivity (Wildman–Crippen MR) is 155 cm³/mol. The van der Waals surface area contributed by atoms with Gasteiger partial charge in [0.15, 0.2) is 6.29 Å². The van der Waals surface area contributed by atoms with Gasteiger partial charge in [0, 0.05) is 25.4 Å². The number of nitriles is 1. The van der Waals surface area contributed by atoms with Crippen LogP contribution in [-0.4, -0.2) is 86.7 Å². The van der Waals surface area contributed by atoms with E-state index in [0.29, 0.717) is 25.2 Å². The number of hydrogen-bond acceptors (Lipinski definition) is 9. The van der Waals surface area contributed by atoms with E-state index in [1.165, 1.54) is 23.5 Å². The molecule has 11 nitrogen and oxygen atoms in total. The molecule has 0 aromatic heterocycles. The molecule has 2 heterocycles. The standard InChI is InChI=1S/C31H41N3O8S/c1-31(2,15-7-16-32)21-33(43(38,39)24-12-10-23(40-3)11-13-24)19-28(35)26(18-22-8-5-4-6-9-22)34(30(36)37)27-20-42-29-25(27)14-17-41-29/h4-6,8-13,25-29,35H,7,14-15,17-21H2,1-3H3,(H,36,37)/p-1/t25-,26+,27-,28-,29+/m1/s1. The number of amides is 1. The molecule has 0 spiro atoms. The van der Waals surface area contributed by atoms with Crippen LogP contribution in [0.2, 0.25) is 0 Å². The lowest BCUT2D eigenvalue weighted by Gasteiger charge is -2.43. The highest BCUT2D eigenvalue weighted by atomic mass is 32.2. The largest absolute Gasteiger partial charge is 0.530 e. The van der Waals surface area contributed by atoms with Crippen LogP contribution in [0.3, 0.4) is 0 Å². The van der Waals surface area contributed by atoms with E-state index in [1.54, 1.807) is 12.1 Å². The summed E-state index contributed by atoms with van der Waals surface area (Å²) in [6, 6.07) is 15.5. The molecular weight excluding hydrogens is 574 g/mol. The Hall–Kier alpha value is -3.21. The monoisotopic (exact) mass is 614 g/mol. The predicted octanol–water partition coefficient (Wildman–Crippen LogP) is 2.39. The Kier molecular flexibility index (Phi) is 10.7. The summed E-state index contributed by atoms with van der Waals surface area (Å²) < 4.78 is 45.8. The number of hydrogen-bond donors (Lipinski definition) is 1. The van der Waals surface area contributed by atoms with Crippen LogP contribution in [0.1, 0.15) is 38.7 Å². The average Bonchev–Trinajstić information content (AvgIpc) is 3.61. The zero-order valence-electron chi connectivity index (χ0n) is 24.8. The second-order valence-electron chi connectivity index (χ2n) is 11.9. The molecule has 2 aliphatic rings. The van der Waals surface area contributed by atoms with Crippen LogP contribution in [0, 0.1) is 22.7 Å². The van der Waals surface area contributed by atoms with Crippen LogP contribution in [0.25, 0.3) is 0 Å². The smallest absolute Gasteiger partial charge is 0.243 e. The number of aliphatic hydroxyl groups excluding tert-OH is 1. The van der Waals surface area contributed by atoms with Gasteiger partial charge in [-0.1, -0.05) is 44.2 Å². The zero-order valence-corrected chi connectivity index (χ0v) is 25.6. The highest BCUT2D eigenvalue weighted by molar-refractivity contribution is 7.89. The fraction of sp³-hybridized carbons (Fsp3) is 0.548. The van der Waals surface area contributed by atoms with Gasteiger partial charge in [0.05, 0.1) is 49.5 Å². The molecule has 12 heteroatoms. The molecule has 2 saturated heterocycles. The maximum Gasteiger partial charge on any atom is 0.243 e. The topological polar surface area (TPSA) is 152 Å². The fourth-order valence-corrected chi connectivity index (χ4v) is 7.59. The van der Waals surface area contributed by atoms with Crippen molar-refractivity contribution in [1.29, 1.82) is 5.26 Å². The number of fused-ring (bicyclic) bond motifs is 1. The maximum atomic E-state index is 14.0. The molecule has 2 fully saturated rings. The van der Waals surface area contributed by atoms with Crippen molar-refractivity contribution < 1.29 is 37.6 Å². The Balaban J connectivity index is 1.71. The van der Waals surface area contributed by atoms with Gasteiger partial charge >= 0.3 is 0 Å². The van der Waals surface area contributed by atoms with Gasteiger partial charge in [-0.3, -0.25) is 0 Å². The molecule has 0 aliphatic carbocycles. The minimum Gasteiger partial charge on any atom is -0.530 e. The van der Waals surface area contributed by atoms with Gasteiger partial charge in [-0.2, -0.15) is 9.57 Å². The minimum atomic E-state index is -4.16. The van der Waals surface area contributed by atoms with E-state index >= 15 is 0 Å². The van der Waals surface area contributed by atoms with Gasteiger partial charge in [-0.25, -0.2) is 8.42 Å². The normalized spacial score (nSPS) is 21.6. The maximum absolute atomic E-state index is 14.0. The third-order valence-electron chi connectivity index (χ3n) is 8.27. The summed E-state index contributed by atoms with van der Waals surface area (Å²) in [6.45, 7) is 3.84. The Morgan fingerprint density at radius 2 is 1.88 bits per heavy atom. The molecule has 2 aliphatic heterocycles. The lowest BCUT2D eigenvalue weighted by Crippen LogP contribution is -2.61. The summed E-state index contributed by atoms with van der Waals surface area (Å²) in [5.41, 5.74) is 0.154. The molecule has 234 valence electrons. The third-order valence-corrected chi connectivity index (χ3v) is 10.1. The molecule has 0 unspecified atom stereocenters. The molecule has 1 amide bonds. The van der Waals surface area contributed by atoms with E-state index in [0.717, 1.165) is 10.5 Å². The summed E-state index contributed by atoms with van der Waals surface area (Å²) in [5.74, 6) is 0.257. The highest BCUT2D eigenvalue weighted by Gasteiger charge is 2.47. The lowest BCUT2D eigenvalue weighted by atomic mass is 9.87. The molecule has 4 rings (SSSR count). The zero-order chi connectivity index (χ0) is 31.2. The Labute approximate surface area is 253 Å². The van der Waals surface area contributed by atoms with Crippen LogP contribution in [0.5, 0.6) is 5.75 Å². The number of benzene rings is 2. The number of rotatable bonds is 14. The van der Waals surface area contributed by atoms with Crippen molar-refractivity contribution in [3.05, 3.63) is 60.2 Å². The number of aliphatic hydroxyl groups is 1. The fourth-order valence-electron chi connectivity index (χ4n) is 5.95. The van der Waals surface area contributed by atoms with Crippen molar-refractivity contribution in [2.24, 2.45) is 11.3 Å². The molecule has 0 saturated carbocycles. The molecule has 0 bridgehead atoms. The van der Waals surface area contributed by atoms with E-state index in [9.17, 15) is 28.7 Å². The molecule has 2 aromatic carbocycles. The van der Waals surface area contributed by atoms with Crippen LogP contribution in [0.4, 0.5) is 4.79 Å². The first-order valence-electron chi connectivity index (χ1n) is 14.4. The first kappa shape index (κ1) is 32.7. The Morgan fingerprint density at radius 3 is 2.51 bits per heavy atom. The summed E-state index contributed by atoms with van der Waals surface area (Å²) >= 11 is 0. The molecule has 1 N–H and O–H groups in total. The van der Waals surface area contributed by atoms with Crippen molar-refractivity contribution in [3.63, 3.8) is 0 Å². The Bertz CT molecular complexity index is 1360. The minimum absolute atomic E-state index is 0.00286. The molecule has 43 heavy (non-hydrogen) atoms. The second kappa shape index (κ2) is 14.1. The van der Waals surface area contributed by atoms with Crippen molar-refractivity contribution in [2.75, 3.05) is 33.4 Å². The average molecular weight is 615 g/mol. The van der Waals surface area contributed by atoms with Gasteiger partial charge < -0.3 is 34.1 Å². The Morgan fingerprint density at radius 1 is 1.19 bits per heavy atom. The number of sulfonamides is 1. The highest BCUT2D eigenvalue weighted by Crippen LogP contribution is 2.36. The van der Waals surface area contributed by atoms with Crippen molar-refractivity contribution in [3.8, 4) is 11.8 Å². The second-order valence-corrected chi connectivity index (χ2v) is 13.8. The van der Waals surface area contributed by atoms with Crippen molar-refractivity contribution >= 4 is 16.1 Å². The van der Waals surface area contributed by atoms with Gasteiger partial charge in [-0.15, -0.1) is 0 Å². The van der Waals surface area contributed by atoms with Crippen LogP contribution < -0.4 is 9.84 Å². The molecule has 0 radical (unpaired) electrons. The van der Waals surface area contributed by atoms with Crippen molar-refractivity contribution in [2.45, 2.75) is 68.9 Å². The molecule has 5 atom stereocenters. The van der Waals surface area contributed by atoms with Gasteiger partial charge in [0.25, 0.3) is 0 Å². The summed E-state index contributed by atoms with van der Waals surface area (Å²) in [5, 5.41) is 33.8. The molecular formula is C31H40N3O8S-. The van der Waals surface area contributed by atoms with Gasteiger partial charge in [-0.05, 0) is 54.5 Å². The quantitative estimate of drug-likeness (QED) is 0.338. The number of nitrogens with zero attached hydrogens (tertiary/aromatic N) is 3. The van der Waals surface area contributed by atoms with Gasteiger partial charge in [0.1, 0.15) is 11.8 Å². The number of carbonyl (C=O) groups is 1. The van der Waals surface area contributed by atoms with Gasteiger partial charge in [0.2, 0.25) is 10.0 Å².